The first-order valence-electron chi connectivity index (χ1n) is 9.73. The van der Waals surface area contributed by atoms with Crippen LogP contribution >= 0.6 is 0 Å². The third-order valence-electron chi connectivity index (χ3n) is 5.22. The Kier molecular flexibility index (Phi) is 6.83. The predicted molar refractivity (Wildman–Crippen MR) is 102 cm³/mol. The highest BCUT2D eigenvalue weighted by Crippen LogP contribution is 2.19. The summed E-state index contributed by atoms with van der Waals surface area (Å²) in [5.74, 6) is -0.847. The molecule has 2 aliphatic rings. The summed E-state index contributed by atoms with van der Waals surface area (Å²) in [4.78, 5) is 28.5. The molecule has 26 heavy (non-hydrogen) atoms. The van der Waals surface area contributed by atoms with Crippen molar-refractivity contribution in [3.05, 3.63) is 47.5 Å². The lowest BCUT2D eigenvalue weighted by atomic mass is 9.97. The van der Waals surface area contributed by atoms with Crippen LogP contribution in [0, 0.1) is 0 Å². The molecule has 0 unspecified atom stereocenters. The lowest BCUT2D eigenvalue weighted by Gasteiger charge is -2.34. The molecule has 1 saturated heterocycles. The summed E-state index contributed by atoms with van der Waals surface area (Å²) in [7, 11) is 0. The Bertz CT molecular complexity index is 634. The van der Waals surface area contributed by atoms with Crippen LogP contribution in [0.15, 0.2) is 42.0 Å². The first kappa shape index (κ1) is 18.6. The molecule has 1 fully saturated rings. The normalized spacial score (nSPS) is 18.3. The second kappa shape index (κ2) is 9.53. The number of nitrogens with zero attached hydrogens (tertiary/aromatic N) is 2. The quantitative estimate of drug-likeness (QED) is 0.652. The average Bonchev–Trinajstić information content (AvgIpc) is 2.69. The Morgan fingerprint density at radius 2 is 1.77 bits per heavy atom. The molecular formula is C21H29N3O2. The summed E-state index contributed by atoms with van der Waals surface area (Å²) in [5.41, 5.74) is 2.69. The van der Waals surface area contributed by atoms with E-state index in [-0.39, 0.29) is 5.91 Å². The summed E-state index contributed by atoms with van der Waals surface area (Å²) < 4.78 is 0. The van der Waals surface area contributed by atoms with Gasteiger partial charge in [0.15, 0.2) is 0 Å². The zero-order valence-corrected chi connectivity index (χ0v) is 15.5. The number of piperazine rings is 1. The van der Waals surface area contributed by atoms with E-state index < -0.39 is 5.91 Å². The number of allylic oxidation sites excluding steroid dienone is 1. The van der Waals surface area contributed by atoms with Crippen LogP contribution in [0.3, 0.4) is 0 Å². The molecule has 1 N–H and O–H groups in total. The molecule has 1 aromatic rings. The fraction of sp³-hybridized carbons (Fsp3) is 0.524. The van der Waals surface area contributed by atoms with Gasteiger partial charge in [-0.2, -0.15) is 0 Å². The fourth-order valence-electron chi connectivity index (χ4n) is 3.64. The number of carbonyl (C=O) groups excluding carboxylic acids is 2. The van der Waals surface area contributed by atoms with Gasteiger partial charge in [-0.05, 0) is 37.7 Å². The maximum Gasteiger partial charge on any atom is 0.311 e. The Labute approximate surface area is 156 Å². The Morgan fingerprint density at radius 1 is 1.00 bits per heavy atom. The van der Waals surface area contributed by atoms with Gasteiger partial charge in [-0.25, -0.2) is 0 Å². The van der Waals surface area contributed by atoms with Crippen LogP contribution in [0.2, 0.25) is 0 Å². The summed E-state index contributed by atoms with van der Waals surface area (Å²) in [5, 5.41) is 2.79. The lowest BCUT2D eigenvalue weighted by Crippen LogP contribution is -2.52. The number of amides is 2. The Morgan fingerprint density at radius 3 is 2.46 bits per heavy atom. The average molecular weight is 355 g/mol. The molecule has 0 aromatic heterocycles. The van der Waals surface area contributed by atoms with Gasteiger partial charge < -0.3 is 10.2 Å². The second-order valence-electron chi connectivity index (χ2n) is 7.17. The molecule has 0 saturated carbocycles. The third kappa shape index (κ3) is 5.43. The molecule has 1 heterocycles. The summed E-state index contributed by atoms with van der Waals surface area (Å²) in [6.45, 7) is 4.30. The SMILES string of the molecule is O=C(NCCC1=CCCCC1)C(=O)N1CCN(Cc2ccccc2)CC1. The van der Waals surface area contributed by atoms with E-state index in [1.165, 1.54) is 24.0 Å². The summed E-state index contributed by atoms with van der Waals surface area (Å²) >= 11 is 0. The van der Waals surface area contributed by atoms with Gasteiger partial charge in [-0.3, -0.25) is 14.5 Å². The van der Waals surface area contributed by atoms with E-state index in [4.69, 9.17) is 0 Å². The van der Waals surface area contributed by atoms with Gasteiger partial charge in [0.2, 0.25) is 0 Å². The molecule has 3 rings (SSSR count). The largest absolute Gasteiger partial charge is 0.348 e. The summed E-state index contributed by atoms with van der Waals surface area (Å²) in [6.07, 6.45) is 7.94. The van der Waals surface area contributed by atoms with Crippen molar-refractivity contribution in [3.8, 4) is 0 Å². The molecule has 2 amide bonds. The first-order valence-corrected chi connectivity index (χ1v) is 9.73. The van der Waals surface area contributed by atoms with Crippen LogP contribution in [-0.4, -0.2) is 54.3 Å². The maximum absolute atomic E-state index is 12.3. The van der Waals surface area contributed by atoms with Crippen LogP contribution in [-0.2, 0) is 16.1 Å². The van der Waals surface area contributed by atoms with E-state index >= 15 is 0 Å². The van der Waals surface area contributed by atoms with Gasteiger partial charge in [-0.15, -0.1) is 0 Å². The Balaban J connectivity index is 1.37. The Hall–Kier alpha value is -2.14. The van der Waals surface area contributed by atoms with E-state index in [1.807, 2.05) is 18.2 Å². The smallest absolute Gasteiger partial charge is 0.311 e. The van der Waals surface area contributed by atoms with Gasteiger partial charge >= 0.3 is 11.8 Å². The number of hydrogen-bond donors (Lipinski definition) is 1. The van der Waals surface area contributed by atoms with Crippen molar-refractivity contribution in [1.29, 1.82) is 0 Å². The third-order valence-corrected chi connectivity index (χ3v) is 5.22. The molecule has 0 radical (unpaired) electrons. The van der Waals surface area contributed by atoms with Crippen molar-refractivity contribution in [2.45, 2.75) is 38.6 Å². The minimum Gasteiger partial charge on any atom is -0.348 e. The molecule has 1 aliphatic carbocycles. The monoisotopic (exact) mass is 355 g/mol. The van der Waals surface area contributed by atoms with Gasteiger partial charge in [0.25, 0.3) is 0 Å². The van der Waals surface area contributed by atoms with Crippen LogP contribution in [0.25, 0.3) is 0 Å². The lowest BCUT2D eigenvalue weighted by molar-refractivity contribution is -0.147. The molecule has 5 nitrogen and oxygen atoms in total. The number of benzene rings is 1. The van der Waals surface area contributed by atoms with Crippen molar-refractivity contribution >= 4 is 11.8 Å². The van der Waals surface area contributed by atoms with Gasteiger partial charge in [0, 0.05) is 39.3 Å². The topological polar surface area (TPSA) is 52.7 Å². The van der Waals surface area contributed by atoms with Crippen molar-refractivity contribution in [2.24, 2.45) is 0 Å². The first-order chi connectivity index (χ1) is 12.7. The van der Waals surface area contributed by atoms with E-state index in [1.54, 1.807) is 4.90 Å². The fourth-order valence-corrected chi connectivity index (χ4v) is 3.64. The molecular weight excluding hydrogens is 326 g/mol. The van der Waals surface area contributed by atoms with Gasteiger partial charge in [0.05, 0.1) is 0 Å². The highest BCUT2D eigenvalue weighted by molar-refractivity contribution is 6.35. The van der Waals surface area contributed by atoms with Gasteiger partial charge in [0.1, 0.15) is 0 Å². The minimum absolute atomic E-state index is 0.387. The zero-order chi connectivity index (χ0) is 18.2. The predicted octanol–water partition coefficient (Wildman–Crippen LogP) is 2.34. The highest BCUT2D eigenvalue weighted by atomic mass is 16.2. The summed E-state index contributed by atoms with van der Waals surface area (Å²) in [6, 6.07) is 10.3. The molecule has 0 bridgehead atoms. The van der Waals surface area contributed by atoms with Gasteiger partial charge in [-0.1, -0.05) is 42.0 Å². The standard InChI is InChI=1S/C21H29N3O2/c25-20(22-12-11-18-7-3-1-4-8-18)21(26)24-15-13-23(14-16-24)17-19-9-5-2-6-10-19/h2,5-7,9-10H,1,3-4,8,11-17H2,(H,22,25). The van der Waals surface area contributed by atoms with E-state index in [0.29, 0.717) is 19.6 Å². The van der Waals surface area contributed by atoms with Crippen molar-refractivity contribution in [3.63, 3.8) is 0 Å². The van der Waals surface area contributed by atoms with Crippen LogP contribution < -0.4 is 5.32 Å². The molecule has 5 heteroatoms. The van der Waals surface area contributed by atoms with Crippen molar-refractivity contribution in [1.82, 2.24) is 15.1 Å². The molecule has 140 valence electrons. The number of nitrogens with one attached hydrogen (secondary N) is 1. The van der Waals surface area contributed by atoms with Crippen molar-refractivity contribution in [2.75, 3.05) is 32.7 Å². The van der Waals surface area contributed by atoms with Crippen molar-refractivity contribution < 1.29 is 9.59 Å². The van der Waals surface area contributed by atoms with E-state index in [0.717, 1.165) is 38.9 Å². The van der Waals surface area contributed by atoms with E-state index in [9.17, 15) is 9.59 Å². The molecule has 0 spiro atoms. The maximum atomic E-state index is 12.3. The number of hydrogen-bond acceptors (Lipinski definition) is 3. The van der Waals surface area contributed by atoms with E-state index in [2.05, 4.69) is 28.4 Å². The highest BCUT2D eigenvalue weighted by Gasteiger charge is 2.25. The molecule has 0 atom stereocenters. The van der Waals surface area contributed by atoms with Crippen LogP contribution in [0.5, 0.6) is 0 Å². The minimum atomic E-state index is -0.460. The molecule has 1 aromatic carbocycles. The van der Waals surface area contributed by atoms with Crippen LogP contribution in [0.1, 0.15) is 37.7 Å². The van der Waals surface area contributed by atoms with Crippen LogP contribution in [0.4, 0.5) is 0 Å². The molecule has 1 aliphatic heterocycles. The zero-order valence-electron chi connectivity index (χ0n) is 15.5. The second-order valence-corrected chi connectivity index (χ2v) is 7.17. The number of carbonyl (C=O) groups is 2. The number of rotatable bonds is 5.